The molecule has 0 radical (unpaired) electrons. The average molecular weight is 305 g/mol. The molecular formula is C9H11N3O7S. The maximum atomic E-state index is 11.7. The minimum Gasteiger partial charge on any atom is -0.395 e. The molecular weight excluding hydrogens is 294 g/mol. The van der Waals surface area contributed by atoms with E-state index in [1.807, 2.05) is 0 Å². The molecule has 0 unspecified atom stereocenters. The van der Waals surface area contributed by atoms with Gasteiger partial charge in [0.25, 0.3) is 0 Å². The van der Waals surface area contributed by atoms with E-state index in [1.165, 1.54) is 0 Å². The van der Waals surface area contributed by atoms with Crippen molar-refractivity contribution in [2.24, 2.45) is 0 Å². The monoisotopic (exact) mass is 305 g/mol. The molecule has 0 bridgehead atoms. The Morgan fingerprint density at radius 3 is 2.55 bits per heavy atom. The highest BCUT2D eigenvalue weighted by molar-refractivity contribution is 8.00. The molecule has 1 aliphatic heterocycles. The van der Waals surface area contributed by atoms with Gasteiger partial charge in [0.2, 0.25) is 0 Å². The second-order valence-corrected chi connectivity index (χ2v) is 5.53. The van der Waals surface area contributed by atoms with E-state index < -0.39 is 51.3 Å². The van der Waals surface area contributed by atoms with Crippen LogP contribution in [0.3, 0.4) is 0 Å². The molecule has 0 aromatic carbocycles. The summed E-state index contributed by atoms with van der Waals surface area (Å²) < 4.78 is 0.772. The number of aliphatic hydroxyl groups excluding tert-OH is 3. The number of aromatic nitrogens is 2. The summed E-state index contributed by atoms with van der Waals surface area (Å²) in [5.74, 6) is 0. The zero-order chi connectivity index (χ0) is 15.0. The van der Waals surface area contributed by atoms with E-state index in [2.05, 4.69) is 0 Å². The van der Waals surface area contributed by atoms with E-state index in [-0.39, 0.29) is 0 Å². The molecule has 0 aliphatic carbocycles. The molecule has 2 rings (SSSR count). The van der Waals surface area contributed by atoms with Gasteiger partial charge in [-0.05, 0) is 0 Å². The molecule has 4 atom stereocenters. The fourth-order valence-corrected chi connectivity index (χ4v) is 3.28. The largest absolute Gasteiger partial charge is 0.395 e. The number of hydrogen-bond donors (Lipinski definition) is 4. The number of aromatic amines is 1. The lowest BCUT2D eigenvalue weighted by atomic mass is 10.1. The van der Waals surface area contributed by atoms with Gasteiger partial charge in [-0.25, -0.2) is 4.79 Å². The van der Waals surface area contributed by atoms with E-state index >= 15 is 0 Å². The Bertz CT molecular complexity index is 641. The van der Waals surface area contributed by atoms with Crippen molar-refractivity contribution in [1.82, 2.24) is 9.55 Å². The molecule has 11 heteroatoms. The Morgan fingerprint density at radius 1 is 1.40 bits per heavy atom. The minimum atomic E-state index is -1.40. The summed E-state index contributed by atoms with van der Waals surface area (Å²) in [5, 5.41) is 37.4. The van der Waals surface area contributed by atoms with Crippen LogP contribution in [0.4, 0.5) is 5.69 Å². The first-order chi connectivity index (χ1) is 9.36. The number of H-pyrrole nitrogens is 1. The second kappa shape index (κ2) is 5.36. The highest BCUT2D eigenvalue weighted by atomic mass is 32.2. The Morgan fingerprint density at radius 2 is 2.05 bits per heavy atom. The first-order valence-corrected chi connectivity index (χ1v) is 6.43. The number of rotatable bonds is 3. The lowest BCUT2D eigenvalue weighted by Crippen LogP contribution is -2.38. The average Bonchev–Trinajstić information content (AvgIpc) is 2.66. The lowest BCUT2D eigenvalue weighted by molar-refractivity contribution is -0.386. The van der Waals surface area contributed by atoms with Crippen molar-refractivity contribution < 1.29 is 20.2 Å². The third-order valence-electron chi connectivity index (χ3n) is 2.94. The van der Waals surface area contributed by atoms with Gasteiger partial charge in [-0.3, -0.25) is 24.5 Å². The van der Waals surface area contributed by atoms with Gasteiger partial charge < -0.3 is 15.3 Å². The van der Waals surface area contributed by atoms with Gasteiger partial charge in [0.05, 0.1) is 29.1 Å². The van der Waals surface area contributed by atoms with Crippen LogP contribution in [0.25, 0.3) is 0 Å². The third kappa shape index (κ3) is 2.35. The van der Waals surface area contributed by atoms with Crippen molar-refractivity contribution in [3.05, 3.63) is 37.1 Å². The van der Waals surface area contributed by atoms with Crippen LogP contribution in [-0.4, -0.2) is 53.9 Å². The van der Waals surface area contributed by atoms with Crippen molar-refractivity contribution in [2.45, 2.75) is 22.8 Å². The number of nitrogens with zero attached hydrogens (tertiary/aromatic N) is 2. The molecule has 1 fully saturated rings. The van der Waals surface area contributed by atoms with Gasteiger partial charge in [-0.1, -0.05) is 0 Å². The highest BCUT2D eigenvalue weighted by Crippen LogP contribution is 2.40. The Hall–Kier alpha value is -1.69. The maximum absolute atomic E-state index is 11.7. The van der Waals surface area contributed by atoms with Crippen LogP contribution in [-0.2, 0) is 0 Å². The molecule has 1 saturated heterocycles. The van der Waals surface area contributed by atoms with Crippen LogP contribution in [0, 0.1) is 10.1 Å². The molecule has 2 heterocycles. The zero-order valence-corrected chi connectivity index (χ0v) is 10.7. The fourth-order valence-electron chi connectivity index (χ4n) is 1.90. The summed E-state index contributed by atoms with van der Waals surface area (Å²) in [7, 11) is 0. The maximum Gasteiger partial charge on any atom is 0.350 e. The normalized spacial score (nSPS) is 29.6. The zero-order valence-electron chi connectivity index (χ0n) is 9.87. The van der Waals surface area contributed by atoms with Crippen LogP contribution in [0.15, 0.2) is 15.8 Å². The number of nitro groups is 1. The van der Waals surface area contributed by atoms with Gasteiger partial charge in [0.1, 0.15) is 11.5 Å². The molecule has 1 aliphatic rings. The predicted octanol–water partition coefficient (Wildman–Crippen LogP) is -2.23. The number of aliphatic hydroxyl groups is 3. The molecule has 110 valence electrons. The van der Waals surface area contributed by atoms with E-state index in [0.717, 1.165) is 16.3 Å². The Balaban J connectivity index is 2.48. The van der Waals surface area contributed by atoms with Crippen LogP contribution >= 0.6 is 11.8 Å². The Kier molecular flexibility index (Phi) is 3.94. The molecule has 4 N–H and O–H groups in total. The molecule has 10 nitrogen and oxygen atoms in total. The standard InChI is InChI=1S/C9H11N3O7S/c13-2-4-5(14)6(15)8(20-4)11-1-3(12(18)19)7(16)10-9(11)17/h1,4-6,8,13-15H,2H2,(H,10,16,17)/t4-,5-,6-,8-/m1/s1. The van der Waals surface area contributed by atoms with Gasteiger partial charge in [0.15, 0.2) is 0 Å². The first kappa shape index (κ1) is 14.7. The van der Waals surface area contributed by atoms with E-state index in [0.29, 0.717) is 6.20 Å². The quantitative estimate of drug-likeness (QED) is 0.361. The van der Waals surface area contributed by atoms with Gasteiger partial charge in [-0.2, -0.15) is 0 Å². The Labute approximate surface area is 114 Å². The summed E-state index contributed by atoms with van der Waals surface area (Å²) in [6.07, 6.45) is -1.97. The smallest absolute Gasteiger partial charge is 0.350 e. The van der Waals surface area contributed by atoms with Crippen LogP contribution in [0.1, 0.15) is 5.37 Å². The van der Waals surface area contributed by atoms with E-state index in [4.69, 9.17) is 5.11 Å². The minimum absolute atomic E-state index is 0.431. The molecule has 0 amide bonds. The van der Waals surface area contributed by atoms with Crippen LogP contribution in [0.2, 0.25) is 0 Å². The number of thioether (sulfide) groups is 1. The fraction of sp³-hybridized carbons (Fsp3) is 0.556. The summed E-state index contributed by atoms with van der Waals surface area (Å²) in [4.78, 5) is 34.4. The van der Waals surface area contributed by atoms with Gasteiger partial charge in [0, 0.05) is 0 Å². The molecule has 1 aromatic heterocycles. The van der Waals surface area contributed by atoms with Gasteiger partial charge >= 0.3 is 16.9 Å². The summed E-state index contributed by atoms with van der Waals surface area (Å²) in [5.41, 5.74) is -2.93. The second-order valence-electron chi connectivity index (χ2n) is 4.17. The molecule has 0 saturated carbocycles. The number of hydrogen-bond acceptors (Lipinski definition) is 8. The third-order valence-corrected chi connectivity index (χ3v) is 4.50. The first-order valence-electron chi connectivity index (χ1n) is 5.49. The molecule has 0 spiro atoms. The number of nitrogens with one attached hydrogen (secondary N) is 1. The summed E-state index contributed by atoms with van der Waals surface area (Å²) >= 11 is 0.889. The summed E-state index contributed by atoms with van der Waals surface area (Å²) in [6, 6.07) is 0. The SMILES string of the molecule is O=c1[nH]c(=O)n([C@@H]2S[C@H](CO)[C@@H](O)[C@H]2O)cc1[N+](=O)[O-]. The predicted molar refractivity (Wildman–Crippen MR) is 67.5 cm³/mol. The van der Waals surface area contributed by atoms with Crippen molar-refractivity contribution in [1.29, 1.82) is 0 Å². The summed E-state index contributed by atoms with van der Waals surface area (Å²) in [6.45, 7) is -0.431. The van der Waals surface area contributed by atoms with Crippen LogP contribution in [0.5, 0.6) is 0 Å². The molecule has 20 heavy (non-hydrogen) atoms. The molecule has 1 aromatic rings. The lowest BCUT2D eigenvalue weighted by Gasteiger charge is -2.17. The van der Waals surface area contributed by atoms with Crippen molar-refractivity contribution in [3.63, 3.8) is 0 Å². The van der Waals surface area contributed by atoms with Crippen molar-refractivity contribution in [3.8, 4) is 0 Å². The van der Waals surface area contributed by atoms with E-state index in [1.54, 1.807) is 4.98 Å². The van der Waals surface area contributed by atoms with Crippen LogP contribution < -0.4 is 11.2 Å². The van der Waals surface area contributed by atoms with E-state index in [9.17, 15) is 29.9 Å². The van der Waals surface area contributed by atoms with Crippen molar-refractivity contribution in [2.75, 3.05) is 6.61 Å². The topological polar surface area (TPSA) is 159 Å². The van der Waals surface area contributed by atoms with Crippen molar-refractivity contribution >= 4 is 17.4 Å². The highest BCUT2D eigenvalue weighted by Gasteiger charge is 2.43. The van der Waals surface area contributed by atoms with Gasteiger partial charge in [-0.15, -0.1) is 11.8 Å².